The number of carbonyl (C=O) groups excluding carboxylic acids is 1. The van der Waals surface area contributed by atoms with E-state index in [4.69, 9.17) is 0 Å². The van der Waals surface area contributed by atoms with Crippen molar-refractivity contribution in [3.63, 3.8) is 0 Å². The van der Waals surface area contributed by atoms with Crippen molar-refractivity contribution >= 4 is 21.7 Å². The molecule has 3 atom stereocenters. The van der Waals surface area contributed by atoms with Crippen LogP contribution in [-0.4, -0.2) is 48.1 Å². The van der Waals surface area contributed by atoms with Crippen LogP contribution in [0.15, 0.2) is 29.2 Å². The summed E-state index contributed by atoms with van der Waals surface area (Å²) in [6.45, 7) is 1.57. The van der Waals surface area contributed by atoms with Crippen molar-refractivity contribution in [2.24, 2.45) is 5.92 Å². The van der Waals surface area contributed by atoms with E-state index in [2.05, 4.69) is 0 Å². The number of benzene rings is 1. The van der Waals surface area contributed by atoms with Crippen molar-refractivity contribution in [1.82, 2.24) is 4.90 Å². The lowest BCUT2D eigenvalue weighted by atomic mass is 9.84. The number of nitrogens with zero attached hydrogens (tertiary/aromatic N) is 1. The van der Waals surface area contributed by atoms with Gasteiger partial charge in [-0.05, 0) is 49.4 Å². The zero-order valence-electron chi connectivity index (χ0n) is 14.2. The largest absolute Gasteiger partial charge is 0.480 e. The maximum absolute atomic E-state index is 13.0. The number of aliphatic carboxylic acids is 1. The number of amides is 1. The molecule has 136 valence electrons. The number of hydrogen-bond acceptors (Lipinski definition) is 4. The number of hydrogen-bond donors (Lipinski definition) is 1. The van der Waals surface area contributed by atoms with Gasteiger partial charge in [0.2, 0.25) is 0 Å². The predicted molar refractivity (Wildman–Crippen MR) is 92.1 cm³/mol. The molecule has 1 saturated carbocycles. The zero-order valence-corrected chi connectivity index (χ0v) is 15.0. The molecule has 1 heterocycles. The van der Waals surface area contributed by atoms with E-state index in [0.29, 0.717) is 12.0 Å². The average molecular weight is 365 g/mol. The van der Waals surface area contributed by atoms with Crippen LogP contribution in [0.3, 0.4) is 0 Å². The van der Waals surface area contributed by atoms with Gasteiger partial charge in [-0.2, -0.15) is 0 Å². The Morgan fingerprint density at radius 2 is 1.80 bits per heavy atom. The van der Waals surface area contributed by atoms with Crippen molar-refractivity contribution in [3.8, 4) is 0 Å². The molecule has 1 amide bonds. The van der Waals surface area contributed by atoms with Gasteiger partial charge in [0.15, 0.2) is 9.84 Å². The van der Waals surface area contributed by atoms with Gasteiger partial charge in [0, 0.05) is 11.6 Å². The lowest BCUT2D eigenvalue weighted by molar-refractivity contribution is -0.141. The lowest BCUT2D eigenvalue weighted by Crippen LogP contribution is -2.46. The molecule has 0 unspecified atom stereocenters. The van der Waals surface area contributed by atoms with Crippen molar-refractivity contribution in [1.29, 1.82) is 0 Å². The van der Waals surface area contributed by atoms with E-state index >= 15 is 0 Å². The number of carboxylic acids is 1. The average Bonchev–Trinajstić information content (AvgIpc) is 3.01. The highest BCUT2D eigenvalue weighted by Crippen LogP contribution is 2.40. The van der Waals surface area contributed by atoms with Crippen molar-refractivity contribution < 1.29 is 23.1 Å². The smallest absolute Gasteiger partial charge is 0.326 e. The van der Waals surface area contributed by atoms with Gasteiger partial charge < -0.3 is 10.0 Å². The number of rotatable bonds is 4. The molecule has 0 bridgehead atoms. The Hall–Kier alpha value is -1.89. The molecule has 6 nitrogen and oxygen atoms in total. The van der Waals surface area contributed by atoms with Crippen LogP contribution in [0.1, 0.15) is 49.4 Å². The summed E-state index contributed by atoms with van der Waals surface area (Å²) in [5, 5.41) is 9.54. The van der Waals surface area contributed by atoms with Crippen LogP contribution in [0.5, 0.6) is 0 Å². The summed E-state index contributed by atoms with van der Waals surface area (Å²) in [6, 6.07) is 5.01. The summed E-state index contributed by atoms with van der Waals surface area (Å²) >= 11 is 0. The van der Waals surface area contributed by atoms with E-state index in [1.807, 2.05) is 0 Å². The van der Waals surface area contributed by atoms with E-state index in [9.17, 15) is 23.1 Å². The summed E-state index contributed by atoms with van der Waals surface area (Å²) in [7, 11) is -3.32. The fourth-order valence-electron chi connectivity index (χ4n) is 4.09. The van der Waals surface area contributed by atoms with E-state index < -0.39 is 21.8 Å². The topological polar surface area (TPSA) is 91.8 Å². The van der Waals surface area contributed by atoms with Crippen LogP contribution in [0.2, 0.25) is 0 Å². The second-order valence-electron chi connectivity index (χ2n) is 6.84. The quantitative estimate of drug-likeness (QED) is 0.884. The van der Waals surface area contributed by atoms with E-state index in [1.54, 1.807) is 6.92 Å². The van der Waals surface area contributed by atoms with Gasteiger partial charge in [0.25, 0.3) is 5.91 Å². The van der Waals surface area contributed by atoms with Gasteiger partial charge >= 0.3 is 5.97 Å². The van der Waals surface area contributed by atoms with Crippen LogP contribution in [0, 0.1) is 5.92 Å². The van der Waals surface area contributed by atoms with Crippen LogP contribution < -0.4 is 0 Å². The summed E-state index contributed by atoms with van der Waals surface area (Å²) in [6.07, 6.45) is 4.40. The maximum atomic E-state index is 13.0. The molecule has 0 radical (unpaired) electrons. The molecular formula is C18H23NO5S. The minimum atomic E-state index is -3.32. The van der Waals surface area contributed by atoms with Crippen LogP contribution in [0.4, 0.5) is 0 Å². The van der Waals surface area contributed by atoms with Gasteiger partial charge in [-0.3, -0.25) is 4.79 Å². The Balaban J connectivity index is 1.89. The maximum Gasteiger partial charge on any atom is 0.326 e. The number of carbonyl (C=O) groups is 2. The molecule has 2 aliphatic rings. The van der Waals surface area contributed by atoms with Crippen molar-refractivity contribution in [2.45, 2.75) is 56.0 Å². The predicted octanol–water partition coefficient (Wildman–Crippen LogP) is 2.34. The third kappa shape index (κ3) is 3.29. The Labute approximate surface area is 147 Å². The van der Waals surface area contributed by atoms with E-state index in [1.165, 1.54) is 29.2 Å². The van der Waals surface area contributed by atoms with Crippen molar-refractivity contribution in [2.75, 3.05) is 5.75 Å². The second kappa shape index (κ2) is 6.78. The molecule has 1 N–H and O–H groups in total. The molecule has 1 aliphatic heterocycles. The molecule has 0 aromatic heterocycles. The van der Waals surface area contributed by atoms with Gasteiger partial charge in [0.1, 0.15) is 6.04 Å². The van der Waals surface area contributed by atoms with Crippen LogP contribution in [0.25, 0.3) is 0 Å². The number of carboxylic acid groups (broad SMARTS) is 1. The minimum absolute atomic E-state index is 0.00272. The first-order valence-electron chi connectivity index (χ1n) is 8.73. The molecule has 1 aromatic carbocycles. The summed E-state index contributed by atoms with van der Waals surface area (Å²) in [5.74, 6) is -1.04. The molecule has 1 saturated heterocycles. The standard InChI is InChI=1S/C18H23NO5S/c1-2-25(23,24)14-9-7-12(8-10-14)17(20)19-15-6-4-3-5-13(15)11-16(19)18(21)22/h7-10,13,15-16H,2-6,11H2,1H3,(H,21,22)/t13-,15+,16+/m1/s1. The third-order valence-corrected chi connectivity index (χ3v) is 7.20. The fourth-order valence-corrected chi connectivity index (χ4v) is 4.98. The molecular weight excluding hydrogens is 342 g/mol. The third-order valence-electron chi connectivity index (χ3n) is 5.45. The Kier molecular flexibility index (Phi) is 4.86. The molecule has 2 fully saturated rings. The summed E-state index contributed by atoms with van der Waals surface area (Å²) < 4.78 is 23.8. The Bertz CT molecular complexity index is 771. The second-order valence-corrected chi connectivity index (χ2v) is 9.12. The highest BCUT2D eigenvalue weighted by molar-refractivity contribution is 7.91. The first-order valence-corrected chi connectivity index (χ1v) is 10.4. The highest BCUT2D eigenvalue weighted by atomic mass is 32.2. The van der Waals surface area contributed by atoms with Crippen LogP contribution in [-0.2, 0) is 14.6 Å². The van der Waals surface area contributed by atoms with E-state index in [0.717, 1.165) is 25.7 Å². The molecule has 0 spiro atoms. The van der Waals surface area contributed by atoms with Gasteiger partial charge in [-0.1, -0.05) is 19.8 Å². The minimum Gasteiger partial charge on any atom is -0.480 e. The first kappa shape index (κ1) is 17.9. The van der Waals surface area contributed by atoms with Crippen molar-refractivity contribution in [3.05, 3.63) is 29.8 Å². The molecule has 3 rings (SSSR count). The van der Waals surface area contributed by atoms with Gasteiger partial charge in [-0.15, -0.1) is 0 Å². The number of sulfone groups is 1. The molecule has 25 heavy (non-hydrogen) atoms. The Morgan fingerprint density at radius 1 is 1.16 bits per heavy atom. The summed E-state index contributed by atoms with van der Waals surface area (Å²) in [4.78, 5) is 26.3. The fraction of sp³-hybridized carbons (Fsp3) is 0.556. The van der Waals surface area contributed by atoms with E-state index in [-0.39, 0.29) is 28.5 Å². The highest BCUT2D eigenvalue weighted by Gasteiger charge is 2.47. The van der Waals surface area contributed by atoms with Gasteiger partial charge in [-0.25, -0.2) is 13.2 Å². The number of likely N-dealkylation sites (tertiary alicyclic amines) is 1. The van der Waals surface area contributed by atoms with Gasteiger partial charge in [0.05, 0.1) is 10.6 Å². The molecule has 7 heteroatoms. The normalized spacial score (nSPS) is 26.3. The number of fused-ring (bicyclic) bond motifs is 1. The zero-order chi connectivity index (χ0) is 18.2. The monoisotopic (exact) mass is 365 g/mol. The lowest BCUT2D eigenvalue weighted by Gasteiger charge is -2.33. The van der Waals surface area contributed by atoms with Crippen LogP contribution >= 0.6 is 0 Å². The first-order chi connectivity index (χ1) is 11.8. The summed E-state index contributed by atoms with van der Waals surface area (Å²) in [5.41, 5.74) is 0.340. The SMILES string of the molecule is CCS(=O)(=O)c1ccc(C(=O)N2[C@H](C(=O)O)C[C@H]3CCCC[C@@H]32)cc1. The molecule has 1 aromatic rings. The molecule has 1 aliphatic carbocycles. The Morgan fingerprint density at radius 3 is 2.40 bits per heavy atom.